The number of piperidine rings is 1. The second kappa shape index (κ2) is 6.50. The summed E-state index contributed by atoms with van der Waals surface area (Å²) in [5.41, 5.74) is 2.78. The number of aromatic nitrogens is 3. The molecule has 5 nitrogen and oxygen atoms in total. The minimum Gasteiger partial charge on any atom is -0.346 e. The fourth-order valence-electron chi connectivity index (χ4n) is 4.07. The van der Waals surface area contributed by atoms with Crippen molar-refractivity contribution in [3.05, 3.63) is 72.3 Å². The molecule has 1 N–H and O–H groups in total. The molecule has 4 heterocycles. The number of nitrogens with zero attached hydrogens (tertiary/aromatic N) is 3. The number of fused-ring (bicyclic) bond motifs is 2. The van der Waals surface area contributed by atoms with E-state index < -0.39 is 0 Å². The fraction of sp³-hybridized carbons (Fsp3) is 0.227. The molecule has 5 heteroatoms. The number of hydrogen-bond acceptors (Lipinski definition) is 3. The molecule has 0 saturated carbocycles. The summed E-state index contributed by atoms with van der Waals surface area (Å²) >= 11 is 0. The summed E-state index contributed by atoms with van der Waals surface area (Å²) in [4.78, 5) is 26.9. The minimum atomic E-state index is 0.0276. The van der Waals surface area contributed by atoms with Crippen LogP contribution in [0.5, 0.6) is 0 Å². The molecule has 3 aromatic heterocycles. The maximum absolute atomic E-state index is 12.9. The first-order chi connectivity index (χ1) is 13.3. The Labute approximate surface area is 157 Å². The molecule has 0 aliphatic carbocycles. The van der Waals surface area contributed by atoms with E-state index in [4.69, 9.17) is 0 Å². The van der Waals surface area contributed by atoms with E-state index in [0.717, 1.165) is 42.4 Å². The first-order valence-corrected chi connectivity index (χ1v) is 9.36. The molecule has 1 aliphatic rings. The Kier molecular flexibility index (Phi) is 3.85. The van der Waals surface area contributed by atoms with Crippen molar-refractivity contribution < 1.29 is 4.79 Å². The van der Waals surface area contributed by atoms with Gasteiger partial charge in [0.15, 0.2) is 0 Å². The summed E-state index contributed by atoms with van der Waals surface area (Å²) in [5.74, 6) is 0.483. The molecule has 0 unspecified atom stereocenters. The Morgan fingerprint density at radius 2 is 1.85 bits per heavy atom. The van der Waals surface area contributed by atoms with Crippen LogP contribution in [0, 0.1) is 0 Å². The van der Waals surface area contributed by atoms with Gasteiger partial charge in [0, 0.05) is 42.5 Å². The number of likely N-dealkylation sites (tertiary alicyclic amines) is 1. The minimum absolute atomic E-state index is 0.0276. The smallest absolute Gasteiger partial charge is 0.272 e. The van der Waals surface area contributed by atoms with Gasteiger partial charge in [-0.2, -0.15) is 0 Å². The Morgan fingerprint density at radius 3 is 2.70 bits per heavy atom. The van der Waals surface area contributed by atoms with Crippen molar-refractivity contribution in [3.8, 4) is 0 Å². The van der Waals surface area contributed by atoms with E-state index in [1.54, 1.807) is 12.4 Å². The normalized spacial score (nSPS) is 15.5. The number of H-pyrrole nitrogens is 1. The van der Waals surface area contributed by atoms with E-state index in [1.165, 1.54) is 10.9 Å². The maximum atomic E-state index is 12.9. The Morgan fingerprint density at radius 1 is 1.04 bits per heavy atom. The molecule has 134 valence electrons. The zero-order valence-electron chi connectivity index (χ0n) is 14.9. The molecule has 4 aromatic rings. The molecule has 0 spiro atoms. The summed E-state index contributed by atoms with van der Waals surface area (Å²) in [5, 5.41) is 3.30. The molecule has 1 fully saturated rings. The molecular weight excluding hydrogens is 336 g/mol. The second-order valence-corrected chi connectivity index (χ2v) is 7.13. The molecule has 0 bridgehead atoms. The monoisotopic (exact) mass is 356 g/mol. The van der Waals surface area contributed by atoms with Gasteiger partial charge in [-0.25, -0.2) is 4.98 Å². The highest BCUT2D eigenvalue weighted by Crippen LogP contribution is 2.32. The number of rotatable bonds is 2. The lowest BCUT2D eigenvalue weighted by Crippen LogP contribution is -2.38. The van der Waals surface area contributed by atoms with Crippen LogP contribution in [0.3, 0.4) is 0 Å². The molecule has 5 rings (SSSR count). The summed E-state index contributed by atoms with van der Waals surface area (Å²) in [6.07, 6.45) is 7.59. The van der Waals surface area contributed by atoms with Crippen molar-refractivity contribution in [2.75, 3.05) is 13.1 Å². The standard InChI is InChI=1S/C22H20N4O/c27-22(20-12-16-4-1-2-5-17(16)13-24-20)26-10-7-15(8-11-26)19-14-25-21-18(19)6-3-9-23-21/h1-6,9,12-15H,7-8,10-11H2,(H,23,25). The molecule has 0 radical (unpaired) electrons. The Hall–Kier alpha value is -3.21. The highest BCUT2D eigenvalue weighted by Gasteiger charge is 2.26. The van der Waals surface area contributed by atoms with Crippen LogP contribution in [0.15, 0.2) is 61.1 Å². The highest BCUT2D eigenvalue weighted by molar-refractivity contribution is 5.96. The first kappa shape index (κ1) is 16.0. The Balaban J connectivity index is 1.32. The third kappa shape index (κ3) is 2.85. The zero-order chi connectivity index (χ0) is 18.2. The van der Waals surface area contributed by atoms with Crippen LogP contribution < -0.4 is 0 Å². The maximum Gasteiger partial charge on any atom is 0.272 e. The Bertz CT molecular complexity index is 1130. The topological polar surface area (TPSA) is 61.9 Å². The number of pyridine rings is 2. The molecule has 1 aromatic carbocycles. The third-order valence-corrected chi connectivity index (χ3v) is 5.56. The molecule has 1 amide bonds. The van der Waals surface area contributed by atoms with Gasteiger partial charge in [0.1, 0.15) is 11.3 Å². The van der Waals surface area contributed by atoms with Gasteiger partial charge in [0.2, 0.25) is 0 Å². The summed E-state index contributed by atoms with van der Waals surface area (Å²) in [7, 11) is 0. The average molecular weight is 356 g/mol. The molecule has 0 atom stereocenters. The molecule has 27 heavy (non-hydrogen) atoms. The van der Waals surface area contributed by atoms with Crippen molar-refractivity contribution in [2.45, 2.75) is 18.8 Å². The van der Waals surface area contributed by atoms with Crippen LogP contribution in [0.1, 0.15) is 34.8 Å². The van der Waals surface area contributed by atoms with Gasteiger partial charge in [-0.15, -0.1) is 0 Å². The summed E-state index contributed by atoms with van der Waals surface area (Å²) in [6.45, 7) is 1.51. The number of aromatic amines is 1. The average Bonchev–Trinajstić information content (AvgIpc) is 3.17. The van der Waals surface area contributed by atoms with Crippen LogP contribution in [0.25, 0.3) is 21.8 Å². The number of nitrogens with one attached hydrogen (secondary N) is 1. The largest absolute Gasteiger partial charge is 0.346 e. The quantitative estimate of drug-likeness (QED) is 0.587. The van der Waals surface area contributed by atoms with Gasteiger partial charge < -0.3 is 9.88 Å². The highest BCUT2D eigenvalue weighted by atomic mass is 16.2. The lowest BCUT2D eigenvalue weighted by Gasteiger charge is -2.31. The second-order valence-electron chi connectivity index (χ2n) is 7.13. The van der Waals surface area contributed by atoms with Crippen LogP contribution >= 0.6 is 0 Å². The third-order valence-electron chi connectivity index (χ3n) is 5.56. The van der Waals surface area contributed by atoms with Crippen molar-refractivity contribution in [2.24, 2.45) is 0 Å². The predicted octanol–water partition coefficient (Wildman–Crippen LogP) is 4.13. The number of carbonyl (C=O) groups is 1. The fourth-order valence-corrected chi connectivity index (χ4v) is 4.07. The number of amides is 1. The van der Waals surface area contributed by atoms with E-state index in [-0.39, 0.29) is 5.91 Å². The van der Waals surface area contributed by atoms with Crippen LogP contribution in [0.2, 0.25) is 0 Å². The van der Waals surface area contributed by atoms with Crippen molar-refractivity contribution in [1.29, 1.82) is 0 Å². The van der Waals surface area contributed by atoms with E-state index in [0.29, 0.717) is 11.6 Å². The number of benzene rings is 1. The lowest BCUT2D eigenvalue weighted by atomic mass is 9.89. The van der Waals surface area contributed by atoms with E-state index in [9.17, 15) is 4.79 Å². The van der Waals surface area contributed by atoms with Gasteiger partial charge >= 0.3 is 0 Å². The van der Waals surface area contributed by atoms with Crippen LogP contribution in [-0.2, 0) is 0 Å². The summed E-state index contributed by atoms with van der Waals surface area (Å²) < 4.78 is 0. The van der Waals surface area contributed by atoms with Gasteiger partial charge in [-0.05, 0) is 47.9 Å². The van der Waals surface area contributed by atoms with Crippen LogP contribution in [0.4, 0.5) is 0 Å². The van der Waals surface area contributed by atoms with E-state index in [1.807, 2.05) is 41.3 Å². The van der Waals surface area contributed by atoms with Gasteiger partial charge in [0.05, 0.1) is 0 Å². The molecular formula is C22H20N4O. The van der Waals surface area contributed by atoms with Gasteiger partial charge in [0.25, 0.3) is 5.91 Å². The first-order valence-electron chi connectivity index (χ1n) is 9.36. The molecule has 1 saturated heterocycles. The van der Waals surface area contributed by atoms with E-state index >= 15 is 0 Å². The number of hydrogen-bond donors (Lipinski definition) is 1. The van der Waals surface area contributed by atoms with E-state index in [2.05, 4.69) is 27.2 Å². The van der Waals surface area contributed by atoms with Crippen molar-refractivity contribution in [3.63, 3.8) is 0 Å². The lowest BCUT2D eigenvalue weighted by molar-refractivity contribution is 0.0707. The van der Waals surface area contributed by atoms with Crippen molar-refractivity contribution in [1.82, 2.24) is 19.9 Å². The predicted molar refractivity (Wildman–Crippen MR) is 106 cm³/mol. The van der Waals surface area contributed by atoms with Gasteiger partial charge in [-0.3, -0.25) is 9.78 Å². The summed E-state index contributed by atoms with van der Waals surface area (Å²) in [6, 6.07) is 14.0. The van der Waals surface area contributed by atoms with Crippen LogP contribution in [-0.4, -0.2) is 38.8 Å². The zero-order valence-corrected chi connectivity index (χ0v) is 14.9. The number of carbonyl (C=O) groups excluding carboxylic acids is 1. The van der Waals surface area contributed by atoms with Gasteiger partial charge in [-0.1, -0.05) is 24.3 Å². The SMILES string of the molecule is O=C(c1cc2ccccc2cn1)N1CCC(c2c[nH]c3ncccc23)CC1. The van der Waals surface area contributed by atoms with Crippen molar-refractivity contribution >= 4 is 27.7 Å². The molecule has 1 aliphatic heterocycles.